The van der Waals surface area contributed by atoms with Gasteiger partial charge >= 0.3 is 0 Å². The van der Waals surface area contributed by atoms with Crippen molar-refractivity contribution in [1.82, 2.24) is 0 Å². The summed E-state index contributed by atoms with van der Waals surface area (Å²) in [6, 6.07) is 15.4. The first kappa shape index (κ1) is 25.2. The van der Waals surface area contributed by atoms with Crippen LogP contribution in [-0.4, -0.2) is 0 Å². The minimum atomic E-state index is 1.19. The van der Waals surface area contributed by atoms with Gasteiger partial charge in [0.1, 0.15) is 0 Å². The zero-order valence-corrected chi connectivity index (χ0v) is 21.3. The zero-order chi connectivity index (χ0) is 22.3. The molecule has 0 aromatic heterocycles. The molecule has 0 aliphatic carbocycles. The Kier molecular flexibility index (Phi) is 12.2. The Labute approximate surface area is 202 Å². The fraction of sp³-hybridized carbons (Fsp3) is 0.600. The van der Waals surface area contributed by atoms with Crippen molar-refractivity contribution in [2.45, 2.75) is 126 Å². The van der Waals surface area contributed by atoms with Crippen molar-refractivity contribution in [3.05, 3.63) is 48.0 Å². The Hall–Kier alpha value is -1.41. The van der Waals surface area contributed by atoms with E-state index >= 15 is 0 Å². The lowest BCUT2D eigenvalue weighted by Crippen LogP contribution is -2.03. The van der Waals surface area contributed by atoms with Crippen LogP contribution in [0.2, 0.25) is 0 Å². The van der Waals surface area contributed by atoms with E-state index in [1.54, 1.807) is 0 Å². The fourth-order valence-electron chi connectivity index (χ4n) is 4.79. The van der Waals surface area contributed by atoms with Crippen LogP contribution >= 0.6 is 11.8 Å². The van der Waals surface area contributed by atoms with Gasteiger partial charge in [-0.1, -0.05) is 139 Å². The molecule has 0 unspecified atom stereocenters. The van der Waals surface area contributed by atoms with Crippen LogP contribution in [0.15, 0.2) is 52.3 Å². The highest BCUT2D eigenvalue weighted by atomic mass is 32.2. The Balaban J connectivity index is 1.18. The molecule has 0 spiro atoms. The maximum atomic E-state index is 3.69. The van der Waals surface area contributed by atoms with Gasteiger partial charge in [-0.05, 0) is 36.6 Å². The minimum absolute atomic E-state index is 1.19. The fourth-order valence-corrected chi connectivity index (χ4v) is 5.83. The van der Waals surface area contributed by atoms with Crippen LogP contribution < -0.4 is 5.32 Å². The number of fused-ring (bicyclic) bond motifs is 2. The summed E-state index contributed by atoms with van der Waals surface area (Å²) >= 11 is 1.90. The standard InChI is InChI=1S/C30H45NS/c1-2-3-4-5-6-7-8-9-10-11-12-13-14-15-16-17-21-26-22-20-25-29-30(26)31-27-23-18-19-24-28(27)32-29/h18-20,22-25,31H,2-17,21H2,1H3. The quantitative estimate of drug-likeness (QED) is 0.205. The number of hydrogen-bond acceptors (Lipinski definition) is 2. The van der Waals surface area contributed by atoms with Crippen molar-refractivity contribution < 1.29 is 0 Å². The molecule has 0 amide bonds. The Morgan fingerprint density at radius 3 is 1.72 bits per heavy atom. The van der Waals surface area contributed by atoms with Crippen LogP contribution in [0.1, 0.15) is 115 Å². The van der Waals surface area contributed by atoms with Crippen LogP contribution in [0, 0.1) is 0 Å². The van der Waals surface area contributed by atoms with Crippen LogP contribution in [0.25, 0.3) is 0 Å². The predicted octanol–water partition coefficient (Wildman–Crippen LogP) is 10.7. The summed E-state index contributed by atoms with van der Waals surface area (Å²) < 4.78 is 0. The van der Waals surface area contributed by atoms with Crippen molar-refractivity contribution in [3.8, 4) is 0 Å². The number of hydrogen-bond donors (Lipinski definition) is 1. The van der Waals surface area contributed by atoms with Crippen molar-refractivity contribution in [2.24, 2.45) is 0 Å². The van der Waals surface area contributed by atoms with E-state index in [-0.39, 0.29) is 0 Å². The van der Waals surface area contributed by atoms with Gasteiger partial charge in [-0.25, -0.2) is 0 Å². The molecule has 0 saturated carbocycles. The van der Waals surface area contributed by atoms with E-state index in [4.69, 9.17) is 0 Å². The summed E-state index contributed by atoms with van der Waals surface area (Å²) in [4.78, 5) is 2.71. The number of aryl methyl sites for hydroxylation is 1. The van der Waals surface area contributed by atoms with Crippen molar-refractivity contribution in [2.75, 3.05) is 5.32 Å². The molecule has 1 N–H and O–H groups in total. The monoisotopic (exact) mass is 451 g/mol. The lowest BCUT2D eigenvalue weighted by Gasteiger charge is -2.23. The van der Waals surface area contributed by atoms with Gasteiger partial charge in [-0.15, -0.1) is 0 Å². The molecule has 1 aliphatic heterocycles. The van der Waals surface area contributed by atoms with Gasteiger partial charge < -0.3 is 5.32 Å². The molecule has 32 heavy (non-hydrogen) atoms. The summed E-state index contributed by atoms with van der Waals surface area (Å²) in [5, 5.41) is 3.69. The van der Waals surface area contributed by atoms with Crippen LogP contribution in [-0.2, 0) is 6.42 Å². The van der Waals surface area contributed by atoms with Crippen LogP contribution in [0.5, 0.6) is 0 Å². The number of rotatable bonds is 17. The number of anilines is 2. The third-order valence-electron chi connectivity index (χ3n) is 6.78. The molecule has 0 radical (unpaired) electrons. The zero-order valence-electron chi connectivity index (χ0n) is 20.5. The first-order valence-corrected chi connectivity index (χ1v) is 14.4. The molecule has 2 aromatic carbocycles. The molecule has 1 nitrogen and oxygen atoms in total. The van der Waals surface area contributed by atoms with E-state index in [9.17, 15) is 0 Å². The minimum Gasteiger partial charge on any atom is -0.353 e. The average molecular weight is 452 g/mol. The SMILES string of the molecule is CCCCCCCCCCCCCCCCCCc1cccc2c1Nc1ccccc1S2. The molecule has 1 aliphatic rings. The van der Waals surface area contributed by atoms with E-state index in [1.165, 1.54) is 136 Å². The molecule has 0 fully saturated rings. The lowest BCUT2D eigenvalue weighted by molar-refractivity contribution is 0.529. The van der Waals surface area contributed by atoms with Crippen molar-refractivity contribution in [3.63, 3.8) is 0 Å². The Bertz CT molecular complexity index is 769. The van der Waals surface area contributed by atoms with Gasteiger partial charge in [0, 0.05) is 9.79 Å². The molecular formula is C30H45NS. The first-order chi connectivity index (χ1) is 15.9. The topological polar surface area (TPSA) is 12.0 Å². The third-order valence-corrected chi connectivity index (χ3v) is 7.91. The van der Waals surface area contributed by atoms with E-state index in [0.717, 1.165) is 0 Å². The van der Waals surface area contributed by atoms with Gasteiger partial charge in [0.25, 0.3) is 0 Å². The van der Waals surface area contributed by atoms with Gasteiger partial charge in [-0.3, -0.25) is 0 Å². The smallest absolute Gasteiger partial charge is 0.0558 e. The summed E-state index contributed by atoms with van der Waals surface area (Å²) in [7, 11) is 0. The number of benzene rings is 2. The Morgan fingerprint density at radius 1 is 0.562 bits per heavy atom. The lowest BCUT2D eigenvalue weighted by atomic mass is 10.0. The first-order valence-electron chi connectivity index (χ1n) is 13.5. The molecule has 0 atom stereocenters. The van der Waals surface area contributed by atoms with Gasteiger partial charge in [0.05, 0.1) is 11.4 Å². The summed E-state index contributed by atoms with van der Waals surface area (Å²) in [6.45, 7) is 2.30. The summed E-state index contributed by atoms with van der Waals surface area (Å²) in [5.74, 6) is 0. The van der Waals surface area contributed by atoms with Crippen LogP contribution in [0.4, 0.5) is 11.4 Å². The van der Waals surface area contributed by atoms with Gasteiger partial charge in [0.2, 0.25) is 0 Å². The molecule has 0 saturated heterocycles. The number of para-hydroxylation sites is 2. The normalized spacial score (nSPS) is 12.3. The largest absolute Gasteiger partial charge is 0.353 e. The molecule has 2 aromatic rings. The van der Waals surface area contributed by atoms with E-state index in [0.29, 0.717) is 0 Å². The maximum Gasteiger partial charge on any atom is 0.0558 e. The van der Waals surface area contributed by atoms with Gasteiger partial charge in [-0.2, -0.15) is 0 Å². The van der Waals surface area contributed by atoms with E-state index < -0.39 is 0 Å². The predicted molar refractivity (Wildman–Crippen MR) is 144 cm³/mol. The second kappa shape index (κ2) is 15.4. The van der Waals surface area contributed by atoms with Crippen molar-refractivity contribution in [1.29, 1.82) is 0 Å². The highest BCUT2D eigenvalue weighted by molar-refractivity contribution is 7.99. The van der Waals surface area contributed by atoms with Crippen LogP contribution in [0.3, 0.4) is 0 Å². The Morgan fingerprint density at radius 2 is 1.09 bits per heavy atom. The summed E-state index contributed by atoms with van der Waals surface area (Å²) in [5.41, 5.74) is 4.08. The molecule has 0 bridgehead atoms. The number of unbranched alkanes of at least 4 members (excludes halogenated alkanes) is 15. The van der Waals surface area contributed by atoms with E-state index in [1.807, 2.05) is 11.8 Å². The summed E-state index contributed by atoms with van der Waals surface area (Å²) in [6.07, 6.45) is 24.1. The third kappa shape index (κ3) is 8.85. The van der Waals surface area contributed by atoms with Gasteiger partial charge in [0.15, 0.2) is 0 Å². The van der Waals surface area contributed by atoms with Crippen molar-refractivity contribution >= 4 is 23.1 Å². The molecule has 1 heterocycles. The average Bonchev–Trinajstić information content (AvgIpc) is 2.82. The number of nitrogens with one attached hydrogen (secondary N) is 1. The highest BCUT2D eigenvalue weighted by Crippen LogP contribution is 2.45. The molecular weight excluding hydrogens is 406 g/mol. The molecule has 176 valence electrons. The van der Waals surface area contributed by atoms with E-state index in [2.05, 4.69) is 54.7 Å². The molecule has 2 heteroatoms. The second-order valence-corrected chi connectivity index (χ2v) is 10.7. The highest BCUT2D eigenvalue weighted by Gasteiger charge is 2.17. The second-order valence-electron chi connectivity index (χ2n) is 9.57. The maximum absolute atomic E-state index is 3.69. The molecule has 3 rings (SSSR count).